The Labute approximate surface area is 192 Å². The highest BCUT2D eigenvalue weighted by Crippen LogP contribution is 2.82. The molecule has 1 heterocycles. The van der Waals surface area contributed by atoms with Crippen LogP contribution in [0.4, 0.5) is 0 Å². The van der Waals surface area contributed by atoms with Gasteiger partial charge >= 0.3 is 0 Å². The fourth-order valence-corrected chi connectivity index (χ4v) is 6.42. The topological polar surface area (TPSA) is 72.8 Å². The van der Waals surface area contributed by atoms with Gasteiger partial charge in [-0.15, -0.1) is 0 Å². The minimum absolute atomic E-state index is 0.298. The molecule has 0 aromatic heterocycles. The molecule has 3 rings (SSSR count). The highest BCUT2D eigenvalue weighted by atomic mass is 35.5. The first-order chi connectivity index (χ1) is 14.2. The summed E-state index contributed by atoms with van der Waals surface area (Å²) >= 11 is 13.4. The van der Waals surface area contributed by atoms with Crippen LogP contribution >= 0.6 is 32.1 Å². The second-order valence-corrected chi connectivity index (χ2v) is 17.3. The maximum atomic E-state index is 13.7. The molecule has 8 heteroatoms. The van der Waals surface area contributed by atoms with Crippen molar-refractivity contribution >= 4 is 43.6 Å². The molecule has 2 aromatic rings. The fraction of sp³-hybridized carbons (Fsp3) is 0.391. The SMILES string of the molecule is CCc1c(Cl)cc(-c2ccccc2)c(Cl)c1C1C(=O)COC(S(C)(C)(C)(O)OC)C1=O. The monoisotopic (exact) mass is 486 g/mol. The van der Waals surface area contributed by atoms with Crippen LogP contribution in [0.3, 0.4) is 0 Å². The number of halogens is 2. The lowest BCUT2D eigenvalue weighted by Crippen LogP contribution is -2.55. The fourth-order valence-electron chi connectivity index (χ4n) is 3.89. The molecule has 2 unspecified atom stereocenters. The van der Waals surface area contributed by atoms with E-state index in [1.165, 1.54) is 25.9 Å². The summed E-state index contributed by atoms with van der Waals surface area (Å²) < 4.78 is 22.5. The van der Waals surface area contributed by atoms with Crippen LogP contribution in [-0.2, 0) is 24.9 Å². The van der Waals surface area contributed by atoms with E-state index >= 15 is 0 Å². The Morgan fingerprint density at radius 2 is 1.77 bits per heavy atom. The smallest absolute Gasteiger partial charge is 0.193 e. The predicted octanol–water partition coefficient (Wildman–Crippen LogP) is 5.60. The molecule has 31 heavy (non-hydrogen) atoms. The van der Waals surface area contributed by atoms with Crippen molar-refractivity contribution in [2.24, 2.45) is 0 Å². The Kier molecular flexibility index (Phi) is 5.92. The van der Waals surface area contributed by atoms with Crippen molar-refractivity contribution in [3.8, 4) is 11.1 Å². The summed E-state index contributed by atoms with van der Waals surface area (Å²) in [5.41, 5.74) is 1.15. The van der Waals surface area contributed by atoms with E-state index in [2.05, 4.69) is 0 Å². The van der Waals surface area contributed by atoms with E-state index in [-0.39, 0.29) is 6.61 Å². The van der Waals surface area contributed by atoms with Gasteiger partial charge in [0.15, 0.2) is 17.0 Å². The first kappa shape index (κ1) is 24.2. The van der Waals surface area contributed by atoms with Gasteiger partial charge in [0.2, 0.25) is 0 Å². The summed E-state index contributed by atoms with van der Waals surface area (Å²) in [6.45, 7) is 1.55. The highest BCUT2D eigenvalue weighted by molar-refractivity contribution is 8.56. The van der Waals surface area contributed by atoms with Gasteiger partial charge in [-0.1, -0.05) is 60.5 Å². The minimum atomic E-state index is -4.41. The van der Waals surface area contributed by atoms with E-state index in [1.54, 1.807) is 6.07 Å². The third-order valence-corrected chi connectivity index (χ3v) is 9.90. The molecule has 0 saturated carbocycles. The van der Waals surface area contributed by atoms with E-state index in [9.17, 15) is 14.1 Å². The number of rotatable bonds is 5. The number of Topliss-reactive ketones (excluding diaryl/α,β-unsaturated/α-hetero) is 2. The second kappa shape index (κ2) is 7.58. The highest BCUT2D eigenvalue weighted by Gasteiger charge is 2.56. The zero-order valence-electron chi connectivity index (χ0n) is 18.3. The molecule has 1 aliphatic heterocycles. The van der Waals surface area contributed by atoms with Crippen LogP contribution in [0, 0.1) is 0 Å². The molecule has 1 aliphatic rings. The van der Waals surface area contributed by atoms with Gasteiger partial charge in [-0.25, -0.2) is 0 Å². The maximum Gasteiger partial charge on any atom is 0.193 e. The van der Waals surface area contributed by atoms with Crippen LogP contribution in [-0.4, -0.2) is 54.0 Å². The number of carbonyl (C=O) groups excluding carboxylic acids is 2. The maximum absolute atomic E-state index is 13.7. The summed E-state index contributed by atoms with van der Waals surface area (Å²) in [5, 5.41) is 0.724. The molecule has 5 nitrogen and oxygen atoms in total. The third kappa shape index (κ3) is 4.30. The molecule has 1 N–H and O–H groups in total. The summed E-state index contributed by atoms with van der Waals surface area (Å²) in [6.07, 6.45) is 4.91. The zero-order chi connectivity index (χ0) is 23.3. The normalized spacial score (nSPS) is 22.2. The number of benzene rings is 2. The average Bonchev–Trinajstić information content (AvgIpc) is 2.70. The van der Waals surface area contributed by atoms with Gasteiger partial charge in [0.25, 0.3) is 0 Å². The lowest BCUT2D eigenvalue weighted by Gasteiger charge is -2.76. The van der Waals surface area contributed by atoms with Crippen LogP contribution in [0.25, 0.3) is 11.1 Å². The van der Waals surface area contributed by atoms with Crippen molar-refractivity contribution in [1.29, 1.82) is 0 Å². The number of ketones is 2. The van der Waals surface area contributed by atoms with Gasteiger partial charge in [0.1, 0.15) is 12.5 Å². The largest absolute Gasteiger partial charge is 0.346 e. The number of carbonyl (C=O) groups is 2. The number of ether oxygens (including phenoxy) is 1. The Morgan fingerprint density at radius 3 is 2.32 bits per heavy atom. The third-order valence-electron chi connectivity index (χ3n) is 5.80. The van der Waals surface area contributed by atoms with Crippen LogP contribution < -0.4 is 0 Å². The van der Waals surface area contributed by atoms with Crippen molar-refractivity contribution in [2.45, 2.75) is 24.7 Å². The molecular weight excluding hydrogens is 459 g/mol. The minimum Gasteiger partial charge on any atom is -0.346 e. The van der Waals surface area contributed by atoms with E-state index in [0.29, 0.717) is 33.2 Å². The van der Waals surface area contributed by atoms with Crippen LogP contribution in [0.5, 0.6) is 0 Å². The van der Waals surface area contributed by atoms with Crippen molar-refractivity contribution < 1.29 is 23.1 Å². The molecule has 0 radical (unpaired) electrons. The van der Waals surface area contributed by atoms with E-state index in [1.807, 2.05) is 37.3 Å². The van der Waals surface area contributed by atoms with E-state index in [4.69, 9.17) is 32.1 Å². The standard InChI is InChI=1S/C23H28Cl2O5S/c1-6-15-17(24)12-16(14-10-8-7-9-11-14)21(25)19(15)20-18(26)13-30-23(22(20)27)31(3,4,5,28)29-2/h7-12,20,23,28H,6,13H2,1-5H3. The lowest BCUT2D eigenvalue weighted by molar-refractivity contribution is -0.144. The Bertz CT molecular complexity index is 1060. The first-order valence-electron chi connectivity index (χ1n) is 9.84. The zero-order valence-corrected chi connectivity index (χ0v) is 20.6. The van der Waals surface area contributed by atoms with Gasteiger partial charge in [-0.3, -0.25) is 18.4 Å². The molecule has 2 aromatic carbocycles. The van der Waals surface area contributed by atoms with E-state index in [0.717, 1.165) is 5.56 Å². The molecule has 0 spiro atoms. The average molecular weight is 487 g/mol. The van der Waals surface area contributed by atoms with Crippen molar-refractivity contribution in [3.05, 3.63) is 57.6 Å². The first-order valence-corrected chi connectivity index (χ1v) is 14.2. The molecule has 2 atom stereocenters. The molecular formula is C23H28Cl2O5S. The quantitative estimate of drug-likeness (QED) is 0.556. The van der Waals surface area contributed by atoms with Gasteiger partial charge in [-0.05, 0) is 47.9 Å². The summed E-state index contributed by atoms with van der Waals surface area (Å²) in [5.74, 6) is -2.21. The predicted molar refractivity (Wildman–Crippen MR) is 129 cm³/mol. The summed E-state index contributed by atoms with van der Waals surface area (Å²) in [4.78, 5) is 26.7. The van der Waals surface area contributed by atoms with Gasteiger partial charge in [0.05, 0.1) is 12.1 Å². The van der Waals surface area contributed by atoms with Crippen molar-refractivity contribution in [2.75, 3.05) is 32.5 Å². The number of hydrogen-bond acceptors (Lipinski definition) is 5. The van der Waals surface area contributed by atoms with Gasteiger partial charge in [0, 0.05) is 10.6 Å². The number of hydrogen-bond donors (Lipinski definition) is 1. The molecule has 1 saturated heterocycles. The van der Waals surface area contributed by atoms with Gasteiger partial charge < -0.3 is 13.5 Å². The molecule has 0 aliphatic carbocycles. The molecule has 170 valence electrons. The lowest BCUT2D eigenvalue weighted by atomic mass is 9.83. The Hall–Kier alpha value is -1.41. The second-order valence-electron chi connectivity index (χ2n) is 9.20. The Balaban J connectivity index is 2.26. The molecule has 0 amide bonds. The van der Waals surface area contributed by atoms with Crippen molar-refractivity contribution in [1.82, 2.24) is 0 Å². The summed E-state index contributed by atoms with van der Waals surface area (Å²) in [6, 6.07) is 11.1. The van der Waals surface area contributed by atoms with Crippen LogP contribution in [0.1, 0.15) is 24.0 Å². The Morgan fingerprint density at radius 1 is 1.16 bits per heavy atom. The van der Waals surface area contributed by atoms with Crippen LogP contribution in [0.2, 0.25) is 10.0 Å². The molecule has 0 bridgehead atoms. The van der Waals surface area contributed by atoms with E-state index < -0.39 is 31.8 Å². The van der Waals surface area contributed by atoms with Crippen LogP contribution in [0.15, 0.2) is 36.4 Å². The van der Waals surface area contributed by atoms with Crippen molar-refractivity contribution in [3.63, 3.8) is 0 Å². The van der Waals surface area contributed by atoms with Gasteiger partial charge in [-0.2, -0.15) is 0 Å². The summed E-state index contributed by atoms with van der Waals surface area (Å²) in [7, 11) is -3.08. The molecule has 1 fully saturated rings.